The third-order valence-corrected chi connectivity index (χ3v) is 3.59. The standard InChI is InChI=1S/C13H12BrNO3/c1-7-10-5-9(12(17)6-14)3-4-11(10)15(8(2)16)13(7)18/h3-5,7H,6H2,1-2H3. The molecule has 0 aromatic heterocycles. The number of benzene rings is 1. The molecule has 94 valence electrons. The van der Waals surface area contributed by atoms with Gasteiger partial charge in [-0.1, -0.05) is 15.9 Å². The molecule has 1 aromatic carbocycles. The minimum Gasteiger partial charge on any atom is -0.293 e. The number of nitrogens with zero attached hydrogens (tertiary/aromatic N) is 1. The second kappa shape index (κ2) is 4.65. The predicted octanol–water partition coefficient (Wildman–Crippen LogP) is 2.26. The number of hydrogen-bond donors (Lipinski definition) is 0. The van der Waals surface area contributed by atoms with Crippen molar-refractivity contribution in [2.75, 3.05) is 10.2 Å². The largest absolute Gasteiger partial charge is 0.293 e. The first-order valence-electron chi connectivity index (χ1n) is 5.55. The number of halogens is 1. The van der Waals surface area contributed by atoms with Crippen LogP contribution in [0.25, 0.3) is 0 Å². The van der Waals surface area contributed by atoms with E-state index in [1.165, 1.54) is 11.8 Å². The van der Waals surface area contributed by atoms with Crippen LogP contribution >= 0.6 is 15.9 Å². The molecule has 0 aliphatic carbocycles. The van der Waals surface area contributed by atoms with Gasteiger partial charge < -0.3 is 0 Å². The first-order chi connectivity index (χ1) is 8.47. The number of carbonyl (C=O) groups excluding carboxylic acids is 3. The third kappa shape index (κ3) is 1.88. The Morgan fingerprint density at radius 3 is 2.61 bits per heavy atom. The van der Waals surface area contributed by atoms with Gasteiger partial charge in [0, 0.05) is 12.5 Å². The molecule has 0 saturated heterocycles. The Labute approximate surface area is 113 Å². The van der Waals surface area contributed by atoms with Crippen LogP contribution in [0, 0.1) is 0 Å². The SMILES string of the molecule is CC(=O)N1C(=O)C(C)c2cc(C(=O)CBr)ccc21. The minimum atomic E-state index is -0.382. The maximum absolute atomic E-state index is 12.0. The van der Waals surface area contributed by atoms with Gasteiger partial charge in [-0.25, -0.2) is 4.90 Å². The van der Waals surface area contributed by atoms with E-state index in [2.05, 4.69) is 15.9 Å². The molecular formula is C13H12BrNO3. The summed E-state index contributed by atoms with van der Waals surface area (Å²) in [6.45, 7) is 3.10. The maximum Gasteiger partial charge on any atom is 0.241 e. The summed E-state index contributed by atoms with van der Waals surface area (Å²) >= 11 is 3.11. The fourth-order valence-corrected chi connectivity index (χ4v) is 2.45. The highest BCUT2D eigenvalue weighted by Gasteiger charge is 2.36. The molecule has 0 N–H and O–H groups in total. The van der Waals surface area contributed by atoms with E-state index in [9.17, 15) is 14.4 Å². The fraction of sp³-hybridized carbons (Fsp3) is 0.308. The molecular weight excluding hydrogens is 298 g/mol. The fourth-order valence-electron chi connectivity index (χ4n) is 2.13. The van der Waals surface area contributed by atoms with Crippen molar-refractivity contribution in [3.8, 4) is 0 Å². The molecule has 1 atom stereocenters. The summed E-state index contributed by atoms with van der Waals surface area (Å²) in [5.41, 5.74) is 1.88. The molecule has 1 aromatic rings. The molecule has 2 amide bonds. The van der Waals surface area contributed by atoms with Crippen LogP contribution in [0.5, 0.6) is 0 Å². The van der Waals surface area contributed by atoms with E-state index < -0.39 is 0 Å². The Morgan fingerprint density at radius 2 is 2.06 bits per heavy atom. The van der Waals surface area contributed by atoms with Crippen molar-refractivity contribution in [3.63, 3.8) is 0 Å². The molecule has 0 fully saturated rings. The zero-order valence-electron chi connectivity index (χ0n) is 10.1. The second-order valence-corrected chi connectivity index (χ2v) is 4.81. The molecule has 0 bridgehead atoms. The van der Waals surface area contributed by atoms with Crippen LogP contribution in [0.15, 0.2) is 18.2 Å². The van der Waals surface area contributed by atoms with Crippen LogP contribution in [0.3, 0.4) is 0 Å². The smallest absolute Gasteiger partial charge is 0.241 e. The van der Waals surface area contributed by atoms with E-state index in [1.54, 1.807) is 25.1 Å². The minimum absolute atomic E-state index is 0.0428. The average Bonchev–Trinajstić information content (AvgIpc) is 2.60. The topological polar surface area (TPSA) is 54.5 Å². The number of imide groups is 1. The molecule has 4 nitrogen and oxygen atoms in total. The molecule has 0 saturated carbocycles. The van der Waals surface area contributed by atoms with Gasteiger partial charge in [0.2, 0.25) is 11.8 Å². The summed E-state index contributed by atoms with van der Waals surface area (Å²) in [6.07, 6.45) is 0. The van der Waals surface area contributed by atoms with E-state index >= 15 is 0 Å². The second-order valence-electron chi connectivity index (χ2n) is 4.24. The number of rotatable bonds is 2. The van der Waals surface area contributed by atoms with Gasteiger partial charge in [-0.2, -0.15) is 0 Å². The first kappa shape index (κ1) is 13.0. The summed E-state index contributed by atoms with van der Waals surface area (Å²) in [4.78, 5) is 36.2. The Bertz CT molecular complexity index is 553. The van der Waals surface area contributed by atoms with Gasteiger partial charge >= 0.3 is 0 Å². The highest BCUT2D eigenvalue weighted by molar-refractivity contribution is 9.09. The lowest BCUT2D eigenvalue weighted by molar-refractivity contribution is -0.125. The maximum atomic E-state index is 12.0. The number of ketones is 1. The zero-order chi connectivity index (χ0) is 13.4. The number of alkyl halides is 1. The number of anilines is 1. The molecule has 0 radical (unpaired) electrons. The lowest BCUT2D eigenvalue weighted by atomic mass is 9.99. The number of fused-ring (bicyclic) bond motifs is 1. The van der Waals surface area contributed by atoms with Gasteiger partial charge in [-0.3, -0.25) is 14.4 Å². The van der Waals surface area contributed by atoms with Crippen LogP contribution in [-0.4, -0.2) is 22.9 Å². The van der Waals surface area contributed by atoms with Crippen molar-refractivity contribution in [2.45, 2.75) is 19.8 Å². The summed E-state index contributed by atoms with van der Waals surface area (Å²) in [5.74, 6) is -0.961. The van der Waals surface area contributed by atoms with Crippen LogP contribution in [0.2, 0.25) is 0 Å². The van der Waals surface area contributed by atoms with Crippen molar-refractivity contribution >= 4 is 39.2 Å². The van der Waals surface area contributed by atoms with Crippen molar-refractivity contribution < 1.29 is 14.4 Å². The molecule has 18 heavy (non-hydrogen) atoms. The third-order valence-electron chi connectivity index (χ3n) is 3.08. The highest BCUT2D eigenvalue weighted by Crippen LogP contribution is 2.37. The van der Waals surface area contributed by atoms with E-state index in [1.807, 2.05) is 0 Å². The van der Waals surface area contributed by atoms with E-state index in [4.69, 9.17) is 0 Å². The summed E-state index contributed by atoms with van der Waals surface area (Å²) in [5, 5.41) is 0.241. The Kier molecular flexibility index (Phi) is 3.34. The van der Waals surface area contributed by atoms with Gasteiger partial charge in [-0.15, -0.1) is 0 Å². The van der Waals surface area contributed by atoms with Crippen LogP contribution < -0.4 is 4.90 Å². The van der Waals surface area contributed by atoms with Gasteiger partial charge in [0.15, 0.2) is 5.78 Å². The average molecular weight is 310 g/mol. The molecule has 1 aliphatic heterocycles. The Morgan fingerprint density at radius 1 is 1.39 bits per heavy atom. The van der Waals surface area contributed by atoms with E-state index in [-0.39, 0.29) is 28.8 Å². The zero-order valence-corrected chi connectivity index (χ0v) is 11.7. The summed E-state index contributed by atoms with van der Waals surface area (Å²) in [7, 11) is 0. The van der Waals surface area contributed by atoms with Gasteiger partial charge in [-0.05, 0) is 30.7 Å². The number of hydrogen-bond acceptors (Lipinski definition) is 3. The Balaban J connectivity index is 2.53. The lowest BCUT2D eigenvalue weighted by Gasteiger charge is -2.12. The van der Waals surface area contributed by atoms with Crippen LogP contribution in [-0.2, 0) is 9.59 Å². The molecule has 1 unspecified atom stereocenters. The molecule has 2 rings (SSSR count). The van der Waals surface area contributed by atoms with Crippen LogP contribution in [0.1, 0.15) is 35.7 Å². The van der Waals surface area contributed by atoms with Gasteiger partial charge in [0.05, 0.1) is 16.9 Å². The van der Waals surface area contributed by atoms with E-state index in [0.717, 1.165) is 5.56 Å². The Hall–Kier alpha value is -1.49. The molecule has 1 aliphatic rings. The molecule has 5 heteroatoms. The van der Waals surface area contributed by atoms with Crippen molar-refractivity contribution in [1.82, 2.24) is 0 Å². The summed E-state index contributed by atoms with van der Waals surface area (Å²) in [6, 6.07) is 5.00. The highest BCUT2D eigenvalue weighted by atomic mass is 79.9. The first-order valence-corrected chi connectivity index (χ1v) is 6.67. The predicted molar refractivity (Wildman–Crippen MR) is 71.1 cm³/mol. The van der Waals surface area contributed by atoms with Gasteiger partial charge in [0.25, 0.3) is 0 Å². The summed E-state index contributed by atoms with van der Waals surface area (Å²) < 4.78 is 0. The quantitative estimate of drug-likeness (QED) is 0.622. The number of amides is 2. The monoisotopic (exact) mass is 309 g/mol. The molecule has 1 heterocycles. The normalized spacial score (nSPS) is 17.8. The number of carbonyl (C=O) groups is 3. The van der Waals surface area contributed by atoms with Crippen molar-refractivity contribution in [3.05, 3.63) is 29.3 Å². The number of Topliss-reactive ketones (excluding diaryl/α,β-unsaturated/α-hetero) is 1. The van der Waals surface area contributed by atoms with Gasteiger partial charge in [0.1, 0.15) is 0 Å². The van der Waals surface area contributed by atoms with Crippen molar-refractivity contribution in [2.24, 2.45) is 0 Å². The van der Waals surface area contributed by atoms with E-state index in [0.29, 0.717) is 11.3 Å². The van der Waals surface area contributed by atoms with Crippen LogP contribution in [0.4, 0.5) is 5.69 Å². The van der Waals surface area contributed by atoms with Crippen molar-refractivity contribution in [1.29, 1.82) is 0 Å². The molecule has 0 spiro atoms. The lowest BCUT2D eigenvalue weighted by Crippen LogP contribution is -2.32.